The average Bonchev–Trinajstić information content (AvgIpc) is 2.09. The van der Waals surface area contributed by atoms with Gasteiger partial charge in [0.05, 0.1) is 6.07 Å². The quantitative estimate of drug-likeness (QED) is 0.396. The Morgan fingerprint density at radius 2 is 2.42 bits per heavy atom. The van der Waals surface area contributed by atoms with Crippen LogP contribution in [0.25, 0.3) is 0 Å². The lowest BCUT2D eigenvalue weighted by atomic mass is 10.5. The smallest absolute Gasteiger partial charge is 0.246 e. The Morgan fingerprint density at radius 3 is 3.00 bits per heavy atom. The van der Waals surface area contributed by atoms with Crippen LogP contribution in [-0.2, 0) is 9.53 Å². The Kier molecular flexibility index (Phi) is 7.24. The van der Waals surface area contributed by atoms with E-state index in [0.717, 1.165) is 6.42 Å². The first kappa shape index (κ1) is 10.9. The molecule has 0 aromatic carbocycles. The van der Waals surface area contributed by atoms with E-state index < -0.39 is 0 Å². The number of ether oxygens (including phenoxy) is 1. The first-order chi connectivity index (χ1) is 5.81. The number of nitriles is 1. The zero-order valence-electron chi connectivity index (χ0n) is 6.88. The zero-order chi connectivity index (χ0) is 9.23. The maximum absolute atomic E-state index is 10.7. The van der Waals surface area contributed by atoms with Crippen molar-refractivity contribution in [2.24, 2.45) is 5.73 Å². The number of carbonyl (C=O) groups is 1. The monoisotopic (exact) mass is 171 g/mol. The molecule has 0 aliphatic carbocycles. The summed E-state index contributed by atoms with van der Waals surface area (Å²) >= 11 is 0. The molecule has 0 fully saturated rings. The average molecular weight is 171 g/mol. The summed E-state index contributed by atoms with van der Waals surface area (Å²) < 4.78 is 4.93. The third-order valence-corrected chi connectivity index (χ3v) is 1.09. The van der Waals surface area contributed by atoms with Crippen LogP contribution in [0.15, 0.2) is 0 Å². The lowest BCUT2D eigenvalue weighted by Gasteiger charge is -2.01. The van der Waals surface area contributed by atoms with Crippen LogP contribution in [-0.4, -0.2) is 32.2 Å². The number of nitrogens with two attached hydrogens (primary N) is 1. The van der Waals surface area contributed by atoms with E-state index in [9.17, 15) is 4.79 Å². The van der Waals surface area contributed by atoms with Gasteiger partial charge in [0, 0.05) is 6.61 Å². The highest BCUT2D eigenvalue weighted by Crippen LogP contribution is 1.79. The minimum Gasteiger partial charge on any atom is -0.372 e. The topological polar surface area (TPSA) is 88.1 Å². The van der Waals surface area contributed by atoms with E-state index in [4.69, 9.17) is 15.7 Å². The third kappa shape index (κ3) is 6.99. The molecule has 0 saturated carbocycles. The number of carbonyl (C=O) groups excluding carboxylic acids is 1. The summed E-state index contributed by atoms with van der Waals surface area (Å²) in [6, 6.07) is 1.79. The van der Waals surface area contributed by atoms with Gasteiger partial charge in [0.15, 0.2) is 0 Å². The molecule has 0 heterocycles. The molecule has 0 aromatic rings. The highest BCUT2D eigenvalue weighted by atomic mass is 16.5. The first-order valence-corrected chi connectivity index (χ1v) is 3.72. The molecule has 12 heavy (non-hydrogen) atoms. The fourth-order valence-corrected chi connectivity index (χ4v) is 0.539. The van der Waals surface area contributed by atoms with E-state index in [2.05, 4.69) is 5.32 Å². The van der Waals surface area contributed by atoms with Crippen molar-refractivity contribution >= 4 is 5.91 Å². The van der Waals surface area contributed by atoms with Gasteiger partial charge in [0.25, 0.3) is 0 Å². The molecule has 0 spiro atoms. The SMILES string of the molecule is N#CCNC(=O)COCCCN. The van der Waals surface area contributed by atoms with Crippen LogP contribution in [0.5, 0.6) is 0 Å². The summed E-state index contributed by atoms with van der Waals surface area (Å²) in [6.45, 7) is 1.07. The van der Waals surface area contributed by atoms with Crippen molar-refractivity contribution < 1.29 is 9.53 Å². The molecule has 0 aliphatic rings. The zero-order valence-corrected chi connectivity index (χ0v) is 6.88. The van der Waals surface area contributed by atoms with E-state index >= 15 is 0 Å². The van der Waals surface area contributed by atoms with Crippen molar-refractivity contribution in [1.82, 2.24) is 5.32 Å². The minimum absolute atomic E-state index is 0.00167. The fourth-order valence-electron chi connectivity index (χ4n) is 0.539. The highest BCUT2D eigenvalue weighted by molar-refractivity contribution is 5.77. The van der Waals surface area contributed by atoms with Crippen molar-refractivity contribution in [3.63, 3.8) is 0 Å². The highest BCUT2D eigenvalue weighted by Gasteiger charge is 1.98. The molecule has 0 atom stereocenters. The maximum atomic E-state index is 10.7. The Bertz CT molecular complexity index is 165. The van der Waals surface area contributed by atoms with Gasteiger partial charge in [-0.25, -0.2) is 0 Å². The molecular formula is C7H13N3O2. The van der Waals surface area contributed by atoms with Crippen LogP contribution in [0.4, 0.5) is 0 Å². The first-order valence-electron chi connectivity index (χ1n) is 3.72. The van der Waals surface area contributed by atoms with Gasteiger partial charge in [0.1, 0.15) is 13.2 Å². The number of nitrogens with zero attached hydrogens (tertiary/aromatic N) is 1. The second-order valence-electron chi connectivity index (χ2n) is 2.13. The third-order valence-electron chi connectivity index (χ3n) is 1.09. The maximum Gasteiger partial charge on any atom is 0.246 e. The van der Waals surface area contributed by atoms with Crippen LogP contribution in [0, 0.1) is 11.3 Å². The molecule has 1 amide bonds. The minimum atomic E-state index is -0.270. The van der Waals surface area contributed by atoms with Crippen LogP contribution >= 0.6 is 0 Å². The van der Waals surface area contributed by atoms with Gasteiger partial charge in [-0.1, -0.05) is 0 Å². The second-order valence-corrected chi connectivity index (χ2v) is 2.13. The molecular weight excluding hydrogens is 158 g/mol. The lowest BCUT2D eigenvalue weighted by Crippen LogP contribution is -2.28. The molecule has 0 saturated heterocycles. The number of hydrogen-bond donors (Lipinski definition) is 2. The Morgan fingerprint density at radius 1 is 1.67 bits per heavy atom. The summed E-state index contributed by atoms with van der Waals surface area (Å²) in [5, 5.41) is 10.5. The van der Waals surface area contributed by atoms with Crippen molar-refractivity contribution in [3.8, 4) is 6.07 Å². The van der Waals surface area contributed by atoms with Crippen LogP contribution in [0.1, 0.15) is 6.42 Å². The van der Waals surface area contributed by atoms with Crippen LogP contribution < -0.4 is 11.1 Å². The van der Waals surface area contributed by atoms with E-state index in [1.54, 1.807) is 6.07 Å². The van der Waals surface area contributed by atoms with Gasteiger partial charge in [-0.15, -0.1) is 0 Å². The largest absolute Gasteiger partial charge is 0.372 e. The fraction of sp³-hybridized carbons (Fsp3) is 0.714. The number of hydrogen-bond acceptors (Lipinski definition) is 4. The van der Waals surface area contributed by atoms with Crippen molar-refractivity contribution in [2.45, 2.75) is 6.42 Å². The molecule has 5 heteroatoms. The Balaban J connectivity index is 3.15. The molecule has 0 radical (unpaired) electrons. The van der Waals surface area contributed by atoms with Gasteiger partial charge in [-0.05, 0) is 13.0 Å². The van der Waals surface area contributed by atoms with E-state index in [1.807, 2.05) is 0 Å². The second kappa shape index (κ2) is 7.98. The molecule has 68 valence electrons. The molecule has 0 aromatic heterocycles. The van der Waals surface area contributed by atoms with Crippen LogP contribution in [0.2, 0.25) is 0 Å². The van der Waals surface area contributed by atoms with Gasteiger partial charge in [-0.3, -0.25) is 4.79 Å². The molecule has 5 nitrogen and oxygen atoms in total. The van der Waals surface area contributed by atoms with E-state index in [-0.39, 0.29) is 19.1 Å². The van der Waals surface area contributed by atoms with Gasteiger partial charge in [-0.2, -0.15) is 5.26 Å². The predicted molar refractivity (Wildman–Crippen MR) is 43.1 cm³/mol. The van der Waals surface area contributed by atoms with Crippen molar-refractivity contribution in [3.05, 3.63) is 0 Å². The van der Waals surface area contributed by atoms with Crippen molar-refractivity contribution in [1.29, 1.82) is 5.26 Å². The van der Waals surface area contributed by atoms with E-state index in [1.165, 1.54) is 0 Å². The normalized spacial score (nSPS) is 9.00. The number of rotatable bonds is 6. The van der Waals surface area contributed by atoms with Crippen molar-refractivity contribution in [2.75, 3.05) is 26.3 Å². The Labute approximate surface area is 71.5 Å². The van der Waals surface area contributed by atoms with Gasteiger partial charge < -0.3 is 15.8 Å². The molecule has 0 unspecified atom stereocenters. The van der Waals surface area contributed by atoms with Crippen LogP contribution in [0.3, 0.4) is 0 Å². The molecule has 3 N–H and O–H groups in total. The summed E-state index contributed by atoms with van der Waals surface area (Å²) in [7, 11) is 0. The summed E-state index contributed by atoms with van der Waals surface area (Å²) in [5.74, 6) is -0.270. The molecule has 0 aliphatic heterocycles. The summed E-state index contributed by atoms with van der Waals surface area (Å²) in [6.07, 6.45) is 0.742. The van der Waals surface area contributed by atoms with E-state index in [0.29, 0.717) is 13.2 Å². The van der Waals surface area contributed by atoms with Gasteiger partial charge in [0.2, 0.25) is 5.91 Å². The number of nitrogens with one attached hydrogen (secondary N) is 1. The summed E-state index contributed by atoms with van der Waals surface area (Å²) in [5.41, 5.74) is 5.20. The predicted octanol–water partition coefficient (Wildman–Crippen LogP) is -1.01. The lowest BCUT2D eigenvalue weighted by molar-refractivity contribution is -0.125. The standard InChI is InChI=1S/C7H13N3O2/c8-2-1-5-12-6-7(11)10-4-3-9/h1-2,4-6,8H2,(H,10,11). The molecule has 0 rings (SSSR count). The molecule has 0 bridgehead atoms. The Hall–Kier alpha value is -1.12. The van der Waals surface area contributed by atoms with Gasteiger partial charge >= 0.3 is 0 Å². The number of amides is 1. The summed E-state index contributed by atoms with van der Waals surface area (Å²) in [4.78, 5) is 10.7.